The average molecular weight is 409 g/mol. The number of hydrogen-bond donors (Lipinski definition) is 0. The molecule has 5 heteroatoms. The van der Waals surface area contributed by atoms with Crippen molar-refractivity contribution in [2.45, 2.75) is 0 Å². The van der Waals surface area contributed by atoms with E-state index >= 15 is 0 Å². The fourth-order valence-electron chi connectivity index (χ4n) is 4.14. The number of fused-ring (bicyclic) bond motifs is 2. The molecule has 0 saturated heterocycles. The quantitative estimate of drug-likeness (QED) is 0.260. The summed E-state index contributed by atoms with van der Waals surface area (Å²) in [5, 5.41) is 13.1. The lowest BCUT2D eigenvalue weighted by Gasteiger charge is -2.08. The van der Waals surface area contributed by atoms with Crippen LogP contribution in [-0.4, -0.2) is 19.1 Å². The number of non-ortho nitro benzene ring substituents is 1. The first kappa shape index (κ1) is 18.9. The maximum atomic E-state index is 11.1. The number of hydrogen-bond acceptors (Lipinski definition) is 4. The first-order valence-electron chi connectivity index (χ1n) is 9.86. The lowest BCUT2D eigenvalue weighted by molar-refractivity contribution is -0.384. The lowest BCUT2D eigenvalue weighted by Crippen LogP contribution is -1.91. The van der Waals surface area contributed by atoms with Crippen LogP contribution in [0.1, 0.15) is 22.3 Å². The molecule has 1 aliphatic rings. The molecule has 0 heterocycles. The SMILES string of the molecule is COc1ccc(OC)c2cc3c(cc12)C3=C(c1ccccc1)c1ccc([N+](=O)[O-])cc1. The summed E-state index contributed by atoms with van der Waals surface area (Å²) in [7, 11) is 3.32. The smallest absolute Gasteiger partial charge is 0.269 e. The van der Waals surface area contributed by atoms with Crippen LogP contribution in [0.2, 0.25) is 0 Å². The fourth-order valence-corrected chi connectivity index (χ4v) is 4.14. The van der Waals surface area contributed by atoms with Crippen molar-refractivity contribution in [3.8, 4) is 11.5 Å². The van der Waals surface area contributed by atoms with E-state index in [4.69, 9.17) is 9.47 Å². The highest BCUT2D eigenvalue weighted by atomic mass is 16.6. The van der Waals surface area contributed by atoms with Crippen LogP contribution < -0.4 is 9.47 Å². The lowest BCUT2D eigenvalue weighted by atomic mass is 9.96. The zero-order valence-electron chi connectivity index (χ0n) is 17.1. The summed E-state index contributed by atoms with van der Waals surface area (Å²) >= 11 is 0. The van der Waals surface area contributed by atoms with E-state index in [2.05, 4.69) is 24.3 Å². The first-order valence-corrected chi connectivity index (χ1v) is 9.86. The predicted octanol–water partition coefficient (Wildman–Crippen LogP) is 6.09. The van der Waals surface area contributed by atoms with Gasteiger partial charge in [0.1, 0.15) is 11.5 Å². The molecule has 152 valence electrons. The number of nitro benzene ring substituents is 1. The minimum Gasteiger partial charge on any atom is -0.496 e. The second kappa shape index (κ2) is 7.29. The van der Waals surface area contributed by atoms with E-state index in [1.165, 1.54) is 0 Å². The highest BCUT2D eigenvalue weighted by molar-refractivity contribution is 6.19. The van der Waals surface area contributed by atoms with E-state index < -0.39 is 0 Å². The standard InChI is InChI=1S/C26H19NO4/c1-30-23-12-13-24(31-2)20-15-22-21(14-19(20)23)26(22)25(16-6-4-3-5-7-16)17-8-10-18(11-9-17)27(28)29/h3-15H,1-2H3. The third-order valence-electron chi connectivity index (χ3n) is 5.67. The predicted molar refractivity (Wildman–Crippen MR) is 122 cm³/mol. The number of rotatable bonds is 5. The van der Waals surface area contributed by atoms with Crippen molar-refractivity contribution in [2.24, 2.45) is 0 Å². The van der Waals surface area contributed by atoms with Gasteiger partial charge >= 0.3 is 0 Å². The van der Waals surface area contributed by atoms with Crippen LogP contribution in [0.25, 0.3) is 21.9 Å². The van der Waals surface area contributed by atoms with Gasteiger partial charge in [-0.1, -0.05) is 30.3 Å². The second-order valence-corrected chi connectivity index (χ2v) is 7.33. The Morgan fingerprint density at radius 2 is 1.26 bits per heavy atom. The van der Waals surface area contributed by atoms with Crippen molar-refractivity contribution in [3.05, 3.63) is 111 Å². The molecule has 0 bridgehead atoms. The molecule has 0 N–H and O–H groups in total. The molecule has 1 aliphatic carbocycles. The highest BCUT2D eigenvalue weighted by Gasteiger charge is 2.31. The Labute approximate surface area is 179 Å². The Bertz CT molecular complexity index is 1300. The Morgan fingerprint density at radius 1 is 0.742 bits per heavy atom. The van der Waals surface area contributed by atoms with Gasteiger partial charge in [-0.15, -0.1) is 0 Å². The number of nitrogens with zero attached hydrogens (tertiary/aromatic N) is 1. The van der Waals surface area contributed by atoms with Gasteiger partial charge in [0.2, 0.25) is 0 Å². The molecular formula is C26H19NO4. The molecule has 5 rings (SSSR count). The third kappa shape index (κ3) is 3.11. The number of benzene rings is 4. The highest BCUT2D eigenvalue weighted by Crippen LogP contribution is 2.52. The normalized spacial score (nSPS) is 11.7. The molecule has 4 aromatic carbocycles. The van der Waals surface area contributed by atoms with E-state index in [1.807, 2.05) is 42.5 Å². The maximum Gasteiger partial charge on any atom is 0.269 e. The van der Waals surface area contributed by atoms with Gasteiger partial charge in [-0.3, -0.25) is 10.1 Å². The number of methoxy groups -OCH3 is 2. The van der Waals surface area contributed by atoms with Gasteiger partial charge in [-0.25, -0.2) is 0 Å². The zero-order valence-corrected chi connectivity index (χ0v) is 17.1. The van der Waals surface area contributed by atoms with Crippen LogP contribution >= 0.6 is 0 Å². The van der Waals surface area contributed by atoms with E-state index in [0.717, 1.165) is 55.7 Å². The van der Waals surface area contributed by atoms with Crippen LogP contribution in [0.5, 0.6) is 11.5 Å². The monoisotopic (exact) mass is 409 g/mol. The van der Waals surface area contributed by atoms with Crippen LogP contribution in [0, 0.1) is 10.1 Å². The van der Waals surface area contributed by atoms with Crippen LogP contribution in [0.3, 0.4) is 0 Å². The van der Waals surface area contributed by atoms with Gasteiger partial charge < -0.3 is 9.47 Å². The molecule has 0 spiro atoms. The molecule has 0 atom stereocenters. The summed E-state index contributed by atoms with van der Waals surface area (Å²) in [6.45, 7) is 0. The van der Waals surface area contributed by atoms with Crippen LogP contribution in [-0.2, 0) is 0 Å². The van der Waals surface area contributed by atoms with E-state index in [9.17, 15) is 10.1 Å². The van der Waals surface area contributed by atoms with Gasteiger partial charge in [-0.2, -0.15) is 0 Å². The molecule has 31 heavy (non-hydrogen) atoms. The van der Waals surface area contributed by atoms with Crippen LogP contribution in [0.15, 0.2) is 78.9 Å². The largest absolute Gasteiger partial charge is 0.496 e. The summed E-state index contributed by atoms with van der Waals surface area (Å²) in [5.41, 5.74) is 6.57. The van der Waals surface area contributed by atoms with Crippen molar-refractivity contribution in [1.29, 1.82) is 0 Å². The van der Waals surface area contributed by atoms with E-state index in [1.54, 1.807) is 26.4 Å². The molecule has 5 nitrogen and oxygen atoms in total. The molecule has 0 aromatic heterocycles. The Kier molecular flexibility index (Phi) is 4.44. The maximum absolute atomic E-state index is 11.1. The van der Waals surface area contributed by atoms with Crippen molar-refractivity contribution < 1.29 is 14.4 Å². The summed E-state index contributed by atoms with van der Waals surface area (Å²) in [4.78, 5) is 10.7. The molecule has 0 saturated carbocycles. The topological polar surface area (TPSA) is 61.6 Å². The molecule has 0 radical (unpaired) electrons. The number of ether oxygens (including phenoxy) is 2. The second-order valence-electron chi connectivity index (χ2n) is 7.33. The van der Waals surface area contributed by atoms with Gasteiger partial charge in [0.15, 0.2) is 0 Å². The molecule has 0 aliphatic heterocycles. The van der Waals surface area contributed by atoms with Gasteiger partial charge in [0.25, 0.3) is 5.69 Å². The summed E-state index contributed by atoms with van der Waals surface area (Å²) in [6, 6.07) is 24.9. The first-order chi connectivity index (χ1) is 15.1. The van der Waals surface area contributed by atoms with E-state index in [0.29, 0.717) is 0 Å². The molecule has 0 fully saturated rings. The van der Waals surface area contributed by atoms with Crippen LogP contribution in [0.4, 0.5) is 5.69 Å². The van der Waals surface area contributed by atoms with Gasteiger partial charge in [0, 0.05) is 22.9 Å². The minimum atomic E-state index is -0.379. The summed E-state index contributed by atoms with van der Waals surface area (Å²) < 4.78 is 11.1. The van der Waals surface area contributed by atoms with Crippen molar-refractivity contribution in [3.63, 3.8) is 0 Å². The molecular weight excluding hydrogens is 390 g/mol. The van der Waals surface area contributed by atoms with Crippen molar-refractivity contribution in [2.75, 3.05) is 14.2 Å². The Morgan fingerprint density at radius 3 is 1.74 bits per heavy atom. The Balaban J connectivity index is 1.74. The molecule has 0 amide bonds. The van der Waals surface area contributed by atoms with Crippen molar-refractivity contribution in [1.82, 2.24) is 0 Å². The summed E-state index contributed by atoms with van der Waals surface area (Å²) in [5.74, 6) is 1.59. The third-order valence-corrected chi connectivity index (χ3v) is 5.67. The minimum absolute atomic E-state index is 0.0784. The fraction of sp³-hybridized carbons (Fsp3) is 0.0769. The number of nitro groups is 1. The Hall–Kier alpha value is -4.12. The van der Waals surface area contributed by atoms with Gasteiger partial charge in [-0.05, 0) is 69.8 Å². The summed E-state index contributed by atoms with van der Waals surface area (Å²) in [6.07, 6.45) is 0. The molecule has 4 aromatic rings. The average Bonchev–Trinajstić information content (AvgIpc) is 3.50. The van der Waals surface area contributed by atoms with Crippen molar-refractivity contribution >= 4 is 27.6 Å². The van der Waals surface area contributed by atoms with E-state index in [-0.39, 0.29) is 10.6 Å². The zero-order chi connectivity index (χ0) is 21.5. The molecule has 0 unspecified atom stereocenters. The van der Waals surface area contributed by atoms with Gasteiger partial charge in [0.05, 0.1) is 19.1 Å².